The van der Waals surface area contributed by atoms with E-state index >= 15 is 0 Å². The predicted molar refractivity (Wildman–Crippen MR) is 115 cm³/mol. The molecule has 1 amide bonds. The number of carbonyl (C=O) groups excluding carboxylic acids is 1. The van der Waals surface area contributed by atoms with Gasteiger partial charge >= 0.3 is 0 Å². The number of anilines is 2. The molecule has 0 unspecified atom stereocenters. The highest BCUT2D eigenvalue weighted by molar-refractivity contribution is 7.92. The Morgan fingerprint density at radius 3 is 2.07 bits per heavy atom. The van der Waals surface area contributed by atoms with E-state index in [-0.39, 0.29) is 5.69 Å². The first-order chi connectivity index (χ1) is 14.2. The third-order valence-corrected chi connectivity index (χ3v) is 5.51. The van der Waals surface area contributed by atoms with Crippen molar-refractivity contribution >= 4 is 27.3 Å². The molecule has 0 heterocycles. The molecule has 8 heteroatoms. The Hall–Kier alpha value is -3.39. The van der Waals surface area contributed by atoms with Crippen LogP contribution < -0.4 is 14.4 Å². The molecule has 0 saturated carbocycles. The summed E-state index contributed by atoms with van der Waals surface area (Å²) in [6, 6.07) is 19.8. The number of hydrogen-bond donors (Lipinski definition) is 1. The highest BCUT2D eigenvalue weighted by atomic mass is 32.2. The van der Waals surface area contributed by atoms with Crippen molar-refractivity contribution in [3.8, 4) is 11.5 Å². The second-order valence-electron chi connectivity index (χ2n) is 6.64. The number of halogens is 1. The summed E-state index contributed by atoms with van der Waals surface area (Å²) < 4.78 is 44.4. The van der Waals surface area contributed by atoms with Crippen molar-refractivity contribution in [2.75, 3.05) is 15.9 Å². The third kappa shape index (κ3) is 5.36. The zero-order chi connectivity index (χ0) is 21.7. The highest BCUT2D eigenvalue weighted by Crippen LogP contribution is 2.24. The first-order valence-corrected chi connectivity index (χ1v) is 11.0. The van der Waals surface area contributed by atoms with Crippen molar-refractivity contribution in [3.05, 3.63) is 84.7 Å². The Kier molecular flexibility index (Phi) is 6.37. The van der Waals surface area contributed by atoms with Crippen LogP contribution in [0.25, 0.3) is 0 Å². The summed E-state index contributed by atoms with van der Waals surface area (Å²) in [5.74, 6) is 0.255. The number of hydrogen-bond acceptors (Lipinski definition) is 4. The Morgan fingerprint density at radius 1 is 0.933 bits per heavy atom. The first-order valence-electron chi connectivity index (χ1n) is 9.13. The first kappa shape index (κ1) is 21.3. The van der Waals surface area contributed by atoms with Crippen LogP contribution in [0.3, 0.4) is 0 Å². The van der Waals surface area contributed by atoms with Gasteiger partial charge in [-0.05, 0) is 67.6 Å². The lowest BCUT2D eigenvalue weighted by molar-refractivity contribution is -0.116. The van der Waals surface area contributed by atoms with Crippen LogP contribution in [-0.2, 0) is 14.8 Å². The van der Waals surface area contributed by atoms with Gasteiger partial charge in [0.05, 0.1) is 11.9 Å². The van der Waals surface area contributed by atoms with Crippen LogP contribution in [0, 0.1) is 5.82 Å². The molecule has 156 valence electrons. The molecule has 0 aromatic heterocycles. The highest BCUT2D eigenvalue weighted by Gasteiger charge is 2.29. The average molecular weight is 428 g/mol. The fraction of sp³-hybridized carbons (Fsp3) is 0.136. The molecule has 3 aromatic rings. The number of nitrogens with one attached hydrogen (secondary N) is 1. The van der Waals surface area contributed by atoms with Gasteiger partial charge in [0.1, 0.15) is 23.4 Å². The van der Waals surface area contributed by atoms with E-state index < -0.39 is 27.8 Å². The van der Waals surface area contributed by atoms with Crippen molar-refractivity contribution in [2.24, 2.45) is 0 Å². The average Bonchev–Trinajstić information content (AvgIpc) is 2.71. The van der Waals surface area contributed by atoms with Crippen molar-refractivity contribution in [1.82, 2.24) is 0 Å². The minimum atomic E-state index is -3.78. The zero-order valence-electron chi connectivity index (χ0n) is 16.4. The molecule has 0 aliphatic rings. The van der Waals surface area contributed by atoms with Crippen LogP contribution in [-0.4, -0.2) is 26.6 Å². The van der Waals surface area contributed by atoms with E-state index in [4.69, 9.17) is 4.74 Å². The van der Waals surface area contributed by atoms with Gasteiger partial charge in [-0.1, -0.05) is 18.2 Å². The van der Waals surface area contributed by atoms with Gasteiger partial charge in [0.15, 0.2) is 0 Å². The minimum absolute atomic E-state index is 0.202. The maximum atomic E-state index is 13.2. The molecule has 0 spiro atoms. The van der Waals surface area contributed by atoms with Gasteiger partial charge in [0.2, 0.25) is 15.9 Å². The second-order valence-corrected chi connectivity index (χ2v) is 8.50. The summed E-state index contributed by atoms with van der Waals surface area (Å²) >= 11 is 0. The lowest BCUT2D eigenvalue weighted by Gasteiger charge is -2.28. The van der Waals surface area contributed by atoms with Gasteiger partial charge in [-0.15, -0.1) is 0 Å². The monoisotopic (exact) mass is 428 g/mol. The van der Waals surface area contributed by atoms with Gasteiger partial charge in [-0.3, -0.25) is 9.10 Å². The molecule has 1 atom stereocenters. The zero-order valence-corrected chi connectivity index (χ0v) is 17.3. The standard InChI is InChI=1S/C22H21FN2O4S/c1-16(25(30(2,27)28)19-12-8-17(23)9-13-19)22(26)24-18-10-14-21(15-11-18)29-20-6-4-3-5-7-20/h3-16H,1-2H3,(H,24,26)/t16-/m1/s1. The molecule has 3 aromatic carbocycles. The summed E-state index contributed by atoms with van der Waals surface area (Å²) in [7, 11) is -3.78. The number of carbonyl (C=O) groups is 1. The lowest BCUT2D eigenvalue weighted by Crippen LogP contribution is -2.45. The molecule has 0 bridgehead atoms. The van der Waals surface area contributed by atoms with E-state index in [0.29, 0.717) is 17.2 Å². The van der Waals surface area contributed by atoms with Gasteiger partial charge in [0, 0.05) is 5.69 Å². The quantitative estimate of drug-likeness (QED) is 0.605. The van der Waals surface area contributed by atoms with Gasteiger partial charge < -0.3 is 10.1 Å². The molecule has 0 aliphatic heterocycles. The summed E-state index contributed by atoms with van der Waals surface area (Å²) in [6.07, 6.45) is 0.996. The number of ether oxygens (including phenoxy) is 1. The number of sulfonamides is 1. The molecule has 1 N–H and O–H groups in total. The molecule has 30 heavy (non-hydrogen) atoms. The van der Waals surface area contributed by atoms with E-state index in [9.17, 15) is 17.6 Å². The van der Waals surface area contributed by atoms with Crippen molar-refractivity contribution in [2.45, 2.75) is 13.0 Å². The van der Waals surface area contributed by atoms with E-state index in [1.54, 1.807) is 24.3 Å². The van der Waals surface area contributed by atoms with E-state index in [0.717, 1.165) is 22.7 Å². The van der Waals surface area contributed by atoms with Gasteiger partial charge in [-0.25, -0.2) is 12.8 Å². The number of amides is 1. The normalized spacial score (nSPS) is 12.1. The Bertz CT molecular complexity index is 1100. The number of benzene rings is 3. The fourth-order valence-corrected chi connectivity index (χ4v) is 4.05. The van der Waals surface area contributed by atoms with Crippen LogP contribution in [0.15, 0.2) is 78.9 Å². The SMILES string of the molecule is C[C@H](C(=O)Nc1ccc(Oc2ccccc2)cc1)N(c1ccc(F)cc1)S(C)(=O)=O. The molecular formula is C22H21FN2O4S. The van der Waals surface area contributed by atoms with Crippen molar-refractivity contribution in [1.29, 1.82) is 0 Å². The Labute approximate surface area is 175 Å². The van der Waals surface area contributed by atoms with Crippen LogP contribution in [0.5, 0.6) is 11.5 Å². The van der Waals surface area contributed by atoms with Crippen LogP contribution >= 0.6 is 0 Å². The van der Waals surface area contributed by atoms with E-state index in [1.807, 2.05) is 30.3 Å². The maximum absolute atomic E-state index is 13.2. The second kappa shape index (κ2) is 8.96. The largest absolute Gasteiger partial charge is 0.457 e. The molecule has 0 radical (unpaired) electrons. The van der Waals surface area contributed by atoms with Gasteiger partial charge in [0.25, 0.3) is 0 Å². The summed E-state index contributed by atoms with van der Waals surface area (Å²) in [5, 5.41) is 2.69. The fourth-order valence-electron chi connectivity index (χ4n) is 2.87. The molecule has 6 nitrogen and oxygen atoms in total. The predicted octanol–water partition coefficient (Wildman–Crippen LogP) is 4.41. The van der Waals surface area contributed by atoms with E-state index in [2.05, 4.69) is 5.32 Å². The smallest absolute Gasteiger partial charge is 0.247 e. The molecule has 0 saturated heterocycles. The molecule has 0 fully saturated rings. The number of nitrogens with zero attached hydrogens (tertiary/aromatic N) is 1. The number of para-hydroxylation sites is 1. The maximum Gasteiger partial charge on any atom is 0.247 e. The van der Waals surface area contributed by atoms with Crippen LogP contribution in [0.2, 0.25) is 0 Å². The summed E-state index contributed by atoms with van der Waals surface area (Å²) in [5.41, 5.74) is 0.688. The molecule has 3 rings (SSSR count). The summed E-state index contributed by atoms with van der Waals surface area (Å²) in [4.78, 5) is 12.7. The van der Waals surface area contributed by atoms with Crippen LogP contribution in [0.4, 0.5) is 15.8 Å². The van der Waals surface area contributed by atoms with E-state index in [1.165, 1.54) is 19.1 Å². The van der Waals surface area contributed by atoms with Crippen molar-refractivity contribution in [3.63, 3.8) is 0 Å². The topological polar surface area (TPSA) is 75.7 Å². The third-order valence-electron chi connectivity index (χ3n) is 4.27. The summed E-state index contributed by atoms with van der Waals surface area (Å²) in [6.45, 7) is 1.46. The van der Waals surface area contributed by atoms with Gasteiger partial charge in [-0.2, -0.15) is 0 Å². The minimum Gasteiger partial charge on any atom is -0.457 e. The van der Waals surface area contributed by atoms with Crippen molar-refractivity contribution < 1.29 is 22.3 Å². The number of rotatable bonds is 7. The molecular weight excluding hydrogens is 407 g/mol. The van der Waals surface area contributed by atoms with Crippen LogP contribution in [0.1, 0.15) is 6.92 Å². The lowest BCUT2D eigenvalue weighted by atomic mass is 10.2. The Morgan fingerprint density at radius 2 is 1.50 bits per heavy atom. The molecule has 0 aliphatic carbocycles. The Balaban J connectivity index is 1.72.